The summed E-state index contributed by atoms with van der Waals surface area (Å²) in [5.74, 6) is -5.10. The Labute approximate surface area is 439 Å². The maximum atomic E-state index is 15.3. The first-order chi connectivity index (χ1) is 35.5. The van der Waals surface area contributed by atoms with Gasteiger partial charge in [0.15, 0.2) is 0 Å². The lowest BCUT2D eigenvalue weighted by molar-refractivity contribution is -0.169. The second kappa shape index (κ2) is 22.6. The lowest BCUT2D eigenvalue weighted by Crippen LogP contribution is -2.47. The third-order valence-electron chi connectivity index (χ3n) is 16.0. The van der Waals surface area contributed by atoms with Crippen molar-refractivity contribution in [2.75, 3.05) is 0 Å². The molecule has 74 heavy (non-hydrogen) atoms. The van der Waals surface area contributed by atoms with Gasteiger partial charge in [0, 0.05) is 46.1 Å². The van der Waals surface area contributed by atoms with Crippen LogP contribution in [0.15, 0.2) is 108 Å². The average Bonchev–Trinajstić information content (AvgIpc) is 3.35. The fourth-order valence-electron chi connectivity index (χ4n) is 12.3. The van der Waals surface area contributed by atoms with Gasteiger partial charge >= 0.3 is 17.7 Å². The highest BCUT2D eigenvalue weighted by atomic mass is 16.7. The number of aromatic hydroxyl groups is 2. The van der Waals surface area contributed by atoms with Crippen LogP contribution in [-0.4, -0.2) is 33.7 Å². The predicted molar refractivity (Wildman–Crippen MR) is 293 cm³/mol. The van der Waals surface area contributed by atoms with Gasteiger partial charge in [0.2, 0.25) is 0 Å². The predicted octanol–water partition coefficient (Wildman–Crippen LogP) is 16.1. The van der Waals surface area contributed by atoms with Gasteiger partial charge in [-0.05, 0) is 133 Å². The summed E-state index contributed by atoms with van der Waals surface area (Å²) in [6.07, 6.45) is 15.5. The molecule has 4 aliphatic rings. The van der Waals surface area contributed by atoms with Gasteiger partial charge in [-0.25, -0.2) is 9.59 Å². The first-order valence-corrected chi connectivity index (χ1v) is 27.4. The number of aryl methyl sites for hydroxylation is 1. The highest BCUT2D eigenvalue weighted by molar-refractivity contribution is 6.01. The number of cyclic esters (lactones) is 2. The standard InChI is InChI=1S/C65H78O9/c1-11-14-18-23-45-37-53(67)56(51-34-41(8)29-31-48(51)39(4)5)60-55(45)62(69)74-65(72-60,46-25-20-17-21-26-46)47-27-22-24-44(36-47)54-50(28-19-15-12-2)58-61(71-64(33-16-13-3,38-43(10)66)73-63(58)70)57(59(54)68)52-35-42(9)30-32-49(52)40(6)7/h17,20-22,24-27,34-37,48-49,51-52,67-68H,4,6,11-16,18-19,23,28-33,38H2,1-3,5,7-10H3. The van der Waals surface area contributed by atoms with Crippen LogP contribution in [0.3, 0.4) is 0 Å². The number of rotatable bonds is 20. The first kappa shape index (κ1) is 53.9. The van der Waals surface area contributed by atoms with Gasteiger partial charge < -0.3 is 29.2 Å². The summed E-state index contributed by atoms with van der Waals surface area (Å²) in [5, 5.41) is 25.8. The van der Waals surface area contributed by atoms with Crippen molar-refractivity contribution in [1.82, 2.24) is 0 Å². The number of allylic oxidation sites excluding steroid dienone is 6. The van der Waals surface area contributed by atoms with Crippen LogP contribution in [0.4, 0.5) is 0 Å². The number of fused-ring (bicyclic) bond motifs is 2. The largest absolute Gasteiger partial charge is 0.507 e. The Morgan fingerprint density at radius 1 is 0.649 bits per heavy atom. The molecule has 0 fully saturated rings. The molecule has 392 valence electrons. The lowest BCUT2D eigenvalue weighted by Gasteiger charge is -2.42. The molecule has 0 saturated heterocycles. The maximum absolute atomic E-state index is 15.3. The van der Waals surface area contributed by atoms with Crippen molar-refractivity contribution in [3.05, 3.63) is 153 Å². The number of Topliss-reactive ketones (excluding diaryl/α,β-unsaturated/α-hetero) is 1. The minimum Gasteiger partial charge on any atom is -0.507 e. The molecule has 0 bridgehead atoms. The van der Waals surface area contributed by atoms with Crippen molar-refractivity contribution in [3.8, 4) is 34.1 Å². The molecule has 0 saturated carbocycles. The first-order valence-electron chi connectivity index (χ1n) is 27.4. The molecule has 2 N–H and O–H groups in total. The van der Waals surface area contributed by atoms with Crippen LogP contribution in [0, 0.1) is 11.8 Å². The molecule has 2 aliphatic carbocycles. The minimum absolute atomic E-state index is 0.0230. The molecule has 2 heterocycles. The van der Waals surface area contributed by atoms with Crippen LogP contribution in [0.1, 0.15) is 211 Å². The minimum atomic E-state index is -1.88. The molecule has 9 heteroatoms. The fourth-order valence-corrected chi connectivity index (χ4v) is 12.3. The van der Waals surface area contributed by atoms with Crippen molar-refractivity contribution >= 4 is 17.7 Å². The SMILES string of the molecule is C=C(C)C1CCC(C)=CC1c1c(O)cc(CCCCC)c2c1OC(c1ccccc1)(c1cccc(-c3c(O)c(C4C=C(C)CCC4C(=C)C)c4c(c3CCCCC)C(=O)OC(CCCC)(CC(C)=O)O4)c1)OC2=O. The van der Waals surface area contributed by atoms with Crippen LogP contribution in [0.25, 0.3) is 11.1 Å². The van der Waals surface area contributed by atoms with Crippen LogP contribution in [0.2, 0.25) is 0 Å². The molecule has 9 nitrogen and oxygen atoms in total. The molecule has 0 spiro atoms. The smallest absolute Gasteiger partial charge is 0.346 e. The molecule has 0 aromatic heterocycles. The molecule has 4 aromatic rings. The van der Waals surface area contributed by atoms with E-state index in [0.29, 0.717) is 82.2 Å². The van der Waals surface area contributed by atoms with E-state index in [1.165, 1.54) is 12.5 Å². The number of ketones is 1. The van der Waals surface area contributed by atoms with Crippen LogP contribution >= 0.6 is 0 Å². The van der Waals surface area contributed by atoms with E-state index in [9.17, 15) is 15.0 Å². The van der Waals surface area contributed by atoms with Gasteiger partial charge in [-0.1, -0.05) is 149 Å². The summed E-state index contributed by atoms with van der Waals surface area (Å²) < 4.78 is 27.7. The normalized spacial score (nSPS) is 23.2. The van der Waals surface area contributed by atoms with Crippen molar-refractivity contribution in [3.63, 3.8) is 0 Å². The van der Waals surface area contributed by atoms with E-state index in [0.717, 1.165) is 80.9 Å². The monoisotopic (exact) mass is 1000 g/mol. The molecule has 6 unspecified atom stereocenters. The summed E-state index contributed by atoms with van der Waals surface area (Å²) in [5.41, 5.74) is 9.01. The third kappa shape index (κ3) is 10.5. The van der Waals surface area contributed by atoms with E-state index < -0.39 is 29.4 Å². The Morgan fingerprint density at radius 3 is 1.84 bits per heavy atom. The number of ether oxygens (including phenoxy) is 4. The van der Waals surface area contributed by atoms with E-state index >= 15 is 9.59 Å². The van der Waals surface area contributed by atoms with Crippen LogP contribution < -0.4 is 9.47 Å². The molecule has 6 atom stereocenters. The highest BCUT2D eigenvalue weighted by Gasteiger charge is 2.51. The second-order valence-corrected chi connectivity index (χ2v) is 21.9. The number of carbonyl (C=O) groups excluding carboxylic acids is 3. The third-order valence-corrected chi connectivity index (χ3v) is 16.0. The zero-order valence-electron chi connectivity index (χ0n) is 45.2. The zero-order chi connectivity index (χ0) is 53.1. The van der Waals surface area contributed by atoms with Gasteiger partial charge in [-0.15, -0.1) is 0 Å². The number of phenolic OH excluding ortho intramolecular Hbond substituents is 2. The van der Waals surface area contributed by atoms with E-state index in [1.807, 2.05) is 75.4 Å². The van der Waals surface area contributed by atoms with Gasteiger partial charge in [0.25, 0.3) is 5.79 Å². The van der Waals surface area contributed by atoms with Gasteiger partial charge in [0.1, 0.15) is 39.9 Å². The van der Waals surface area contributed by atoms with Crippen LogP contribution in [-0.2, 0) is 32.9 Å². The summed E-state index contributed by atoms with van der Waals surface area (Å²) in [7, 11) is 0. The highest BCUT2D eigenvalue weighted by Crippen LogP contribution is 2.57. The Bertz CT molecular complexity index is 2890. The molecular formula is C65H78O9. The lowest BCUT2D eigenvalue weighted by atomic mass is 9.72. The average molecular weight is 1000 g/mol. The Morgan fingerprint density at radius 2 is 1.23 bits per heavy atom. The van der Waals surface area contributed by atoms with Crippen LogP contribution in [0.5, 0.6) is 23.0 Å². The van der Waals surface area contributed by atoms with E-state index in [2.05, 4.69) is 53.0 Å². The Hall–Kier alpha value is -6.35. The molecule has 2 aliphatic heterocycles. The quantitative estimate of drug-likeness (QED) is 0.0505. The van der Waals surface area contributed by atoms with Crippen molar-refractivity contribution < 1.29 is 43.5 Å². The number of benzene rings is 4. The van der Waals surface area contributed by atoms with Crippen molar-refractivity contribution in [1.29, 1.82) is 0 Å². The maximum Gasteiger partial charge on any atom is 0.346 e. The van der Waals surface area contributed by atoms with Crippen molar-refractivity contribution in [2.24, 2.45) is 11.8 Å². The fraction of sp³-hybridized carbons (Fsp3) is 0.462. The number of esters is 2. The number of unbranched alkanes of at least 4 members (excludes halogenated alkanes) is 5. The van der Waals surface area contributed by atoms with Gasteiger partial charge in [-0.2, -0.15) is 0 Å². The Kier molecular flexibility index (Phi) is 16.5. The molecule has 0 amide bonds. The Balaban J connectivity index is 1.42. The zero-order valence-corrected chi connectivity index (χ0v) is 45.2. The molecule has 4 aromatic carbocycles. The summed E-state index contributed by atoms with van der Waals surface area (Å²) in [6.45, 7) is 24.8. The summed E-state index contributed by atoms with van der Waals surface area (Å²) in [6, 6.07) is 18.6. The van der Waals surface area contributed by atoms with Gasteiger partial charge in [0.05, 0.1) is 6.42 Å². The topological polar surface area (TPSA) is 129 Å². The van der Waals surface area contributed by atoms with E-state index in [4.69, 9.17) is 18.9 Å². The summed E-state index contributed by atoms with van der Waals surface area (Å²) >= 11 is 0. The van der Waals surface area contributed by atoms with E-state index in [1.54, 1.807) is 6.07 Å². The molecular weight excluding hydrogens is 925 g/mol. The molecule has 0 radical (unpaired) electrons. The number of hydrogen-bond donors (Lipinski definition) is 2. The number of phenols is 2. The summed E-state index contributed by atoms with van der Waals surface area (Å²) in [4.78, 5) is 43.5. The van der Waals surface area contributed by atoms with Crippen molar-refractivity contribution in [2.45, 2.75) is 182 Å². The number of carbonyl (C=O) groups is 3. The van der Waals surface area contributed by atoms with Gasteiger partial charge in [-0.3, -0.25) is 4.79 Å². The van der Waals surface area contributed by atoms with E-state index in [-0.39, 0.29) is 58.5 Å². The molecule has 8 rings (SSSR count). The number of hydrogen-bond acceptors (Lipinski definition) is 9. The second-order valence-electron chi connectivity index (χ2n) is 21.9.